The zero-order chi connectivity index (χ0) is 47.1. The number of aromatic nitrogens is 7. The fourth-order valence-electron chi connectivity index (χ4n) is 8.34. The summed E-state index contributed by atoms with van der Waals surface area (Å²) in [5.41, 5.74) is 20.7. The number of likely N-dealkylation sites (N-methyl/N-ethyl adjacent to an activating group) is 2. The number of amides is 2. The summed E-state index contributed by atoms with van der Waals surface area (Å²) >= 11 is 0. The number of fused-ring (bicyclic) bond motifs is 3. The van der Waals surface area contributed by atoms with Gasteiger partial charge in [0, 0.05) is 95.9 Å². The minimum Gasteiger partial charge on any atom is -0.441 e. The Hall–Kier alpha value is -6.45. The summed E-state index contributed by atoms with van der Waals surface area (Å²) in [6.07, 6.45) is 8.90. The molecule has 1 fully saturated rings. The topological polar surface area (TPSA) is 236 Å². The normalized spacial score (nSPS) is 14.1. The highest BCUT2D eigenvalue weighted by Crippen LogP contribution is 2.32. The van der Waals surface area contributed by atoms with Gasteiger partial charge in [-0.25, -0.2) is 29.6 Å². The molecule has 20 nitrogen and oxygen atoms in total. The highest BCUT2D eigenvalue weighted by Gasteiger charge is 2.23. The van der Waals surface area contributed by atoms with E-state index in [-0.39, 0.29) is 5.91 Å². The number of aryl methyl sites for hydroxylation is 1. The molecule has 0 spiro atoms. The number of hydrogen-bond acceptors (Lipinski definition) is 17. The van der Waals surface area contributed by atoms with Gasteiger partial charge in [0.25, 0.3) is 0 Å². The van der Waals surface area contributed by atoms with E-state index in [1.807, 2.05) is 46.7 Å². The fourth-order valence-corrected chi connectivity index (χ4v) is 8.34. The minimum atomic E-state index is 0.0919. The SMILES string of the molecule is CN(CC=O)CCCN(CCNC=O)CCOCCC(=O)N1CCN(c2ncc(CN)cn2)CC1.Cc1nc2cc(-c3nn(Cc4ccc5c(c4)CCN(C)C5)c4ncnc(N)c34)ccc2o1. The van der Waals surface area contributed by atoms with E-state index < -0.39 is 0 Å². The summed E-state index contributed by atoms with van der Waals surface area (Å²) in [5.74, 6) is 1.81. The Balaban J connectivity index is 0.000000199. The number of aldehydes is 1. The maximum absolute atomic E-state index is 12.6. The van der Waals surface area contributed by atoms with Crippen LogP contribution in [-0.4, -0.2) is 172 Å². The van der Waals surface area contributed by atoms with Crippen molar-refractivity contribution in [3.8, 4) is 11.3 Å². The first-order valence-corrected chi connectivity index (χ1v) is 22.9. The van der Waals surface area contributed by atoms with Crippen LogP contribution in [0.1, 0.15) is 41.0 Å². The van der Waals surface area contributed by atoms with Gasteiger partial charge in [0.15, 0.2) is 17.1 Å². The summed E-state index contributed by atoms with van der Waals surface area (Å²) in [6.45, 7) is 12.6. The van der Waals surface area contributed by atoms with Gasteiger partial charge in [0.2, 0.25) is 18.3 Å². The molecule has 5 N–H and O–H groups in total. The van der Waals surface area contributed by atoms with Crippen LogP contribution in [0.2, 0.25) is 0 Å². The Morgan fingerprint density at radius 1 is 0.940 bits per heavy atom. The number of carbonyl (C=O) groups is 3. The lowest BCUT2D eigenvalue weighted by Crippen LogP contribution is -2.49. The second-order valence-corrected chi connectivity index (χ2v) is 17.0. The first kappa shape index (κ1) is 48.5. The summed E-state index contributed by atoms with van der Waals surface area (Å²) in [4.78, 5) is 66.0. The van der Waals surface area contributed by atoms with Gasteiger partial charge in [-0.15, -0.1) is 0 Å². The predicted molar refractivity (Wildman–Crippen MR) is 256 cm³/mol. The van der Waals surface area contributed by atoms with Crippen LogP contribution < -0.4 is 21.7 Å². The molecule has 2 amide bonds. The minimum absolute atomic E-state index is 0.0919. The van der Waals surface area contributed by atoms with Crippen molar-refractivity contribution in [2.24, 2.45) is 5.73 Å². The van der Waals surface area contributed by atoms with Gasteiger partial charge in [-0.3, -0.25) is 19.4 Å². The molecule has 0 saturated carbocycles. The number of anilines is 2. The average molecular weight is 918 g/mol. The van der Waals surface area contributed by atoms with Gasteiger partial charge < -0.3 is 45.4 Å². The Morgan fingerprint density at radius 2 is 1.76 bits per heavy atom. The molecule has 67 heavy (non-hydrogen) atoms. The Labute approximate surface area is 390 Å². The molecular formula is C47H63N15O5. The van der Waals surface area contributed by atoms with E-state index in [1.54, 1.807) is 12.4 Å². The van der Waals surface area contributed by atoms with E-state index in [2.05, 4.69) is 70.2 Å². The molecule has 6 aromatic rings. The van der Waals surface area contributed by atoms with Gasteiger partial charge in [-0.1, -0.05) is 18.2 Å². The van der Waals surface area contributed by atoms with E-state index in [0.29, 0.717) is 103 Å². The van der Waals surface area contributed by atoms with Crippen molar-refractivity contribution in [3.05, 3.63) is 83.3 Å². The van der Waals surface area contributed by atoms with Crippen LogP contribution in [-0.2, 0) is 45.2 Å². The molecule has 0 unspecified atom stereocenters. The van der Waals surface area contributed by atoms with Crippen molar-refractivity contribution in [1.29, 1.82) is 0 Å². The standard InChI is InChI=1S/C24H23N7O.C23H40N8O4/c1-14-28-19-10-17(5-6-20(19)32-14)22-21-23(25)26-13-27-24(21)31(29-22)11-15-3-4-18-12-30(2)8-7-16(18)9-15;1-28(12-14-32)5-2-6-29(7-4-25-20-33)13-16-35-15-3-22(34)30-8-10-31(11-9-30)23-26-18-21(17-24)19-27-23/h3-6,9-10,13H,7-8,11-12H2,1-2H3,(H2,25,26,27);14,18-20H,2-13,15-17,24H2,1H3,(H,25,33). The Kier molecular flexibility index (Phi) is 17.2. The molecule has 4 aromatic heterocycles. The molecule has 20 heteroatoms. The first-order chi connectivity index (χ1) is 32.6. The number of piperazine rings is 1. The molecule has 0 radical (unpaired) electrons. The van der Waals surface area contributed by atoms with Crippen molar-refractivity contribution >= 4 is 52.5 Å². The van der Waals surface area contributed by atoms with Crippen molar-refractivity contribution in [1.82, 2.24) is 59.6 Å². The van der Waals surface area contributed by atoms with Gasteiger partial charge >= 0.3 is 0 Å². The van der Waals surface area contributed by atoms with Crippen LogP contribution in [0.25, 0.3) is 33.4 Å². The lowest BCUT2D eigenvalue weighted by Gasteiger charge is -2.34. The second-order valence-electron chi connectivity index (χ2n) is 17.0. The third kappa shape index (κ3) is 13.1. The van der Waals surface area contributed by atoms with E-state index in [1.165, 1.54) is 23.0 Å². The van der Waals surface area contributed by atoms with Crippen LogP contribution in [0, 0.1) is 6.92 Å². The smallest absolute Gasteiger partial charge is 0.225 e. The number of nitrogen functional groups attached to an aromatic ring is 1. The molecule has 0 atom stereocenters. The molecular weight excluding hydrogens is 855 g/mol. The zero-order valence-corrected chi connectivity index (χ0v) is 38.8. The number of nitrogens with two attached hydrogens (primary N) is 2. The van der Waals surface area contributed by atoms with Crippen LogP contribution >= 0.6 is 0 Å². The molecule has 1 saturated heterocycles. The predicted octanol–water partition coefficient (Wildman–Crippen LogP) is 2.12. The molecule has 2 aliphatic heterocycles. The number of oxazole rings is 1. The van der Waals surface area contributed by atoms with E-state index in [0.717, 1.165) is 90.8 Å². The zero-order valence-electron chi connectivity index (χ0n) is 38.8. The largest absolute Gasteiger partial charge is 0.441 e. The number of benzene rings is 2. The maximum Gasteiger partial charge on any atom is 0.225 e. The van der Waals surface area contributed by atoms with Gasteiger partial charge in [0.05, 0.1) is 38.1 Å². The van der Waals surface area contributed by atoms with Crippen LogP contribution in [0.3, 0.4) is 0 Å². The molecule has 2 aromatic carbocycles. The van der Waals surface area contributed by atoms with E-state index >= 15 is 0 Å². The highest BCUT2D eigenvalue weighted by molar-refractivity contribution is 5.99. The Morgan fingerprint density at radius 3 is 2.54 bits per heavy atom. The fraction of sp³-hybridized carbons (Fsp3) is 0.468. The maximum atomic E-state index is 12.6. The molecule has 6 heterocycles. The van der Waals surface area contributed by atoms with Gasteiger partial charge in [0.1, 0.15) is 29.6 Å². The van der Waals surface area contributed by atoms with Crippen molar-refractivity contribution in [3.63, 3.8) is 0 Å². The van der Waals surface area contributed by atoms with Crippen LogP contribution in [0.5, 0.6) is 0 Å². The number of nitrogens with zero attached hydrogens (tertiary/aromatic N) is 12. The molecule has 8 rings (SSSR count). The molecule has 356 valence electrons. The number of nitrogens with one attached hydrogen (secondary N) is 1. The second kappa shape index (κ2) is 23.8. The van der Waals surface area contributed by atoms with E-state index in [4.69, 9.17) is 25.7 Å². The monoisotopic (exact) mass is 918 g/mol. The summed E-state index contributed by atoms with van der Waals surface area (Å²) in [5, 5.41) is 8.36. The van der Waals surface area contributed by atoms with E-state index in [9.17, 15) is 14.4 Å². The van der Waals surface area contributed by atoms with Crippen LogP contribution in [0.15, 0.2) is 59.5 Å². The van der Waals surface area contributed by atoms with Gasteiger partial charge in [-0.05, 0) is 74.9 Å². The number of carbonyl (C=O) groups excluding carboxylic acids is 3. The Bertz CT molecular complexity index is 2560. The average Bonchev–Trinajstić information content (AvgIpc) is 3.91. The lowest BCUT2D eigenvalue weighted by atomic mass is 9.97. The third-order valence-corrected chi connectivity index (χ3v) is 12.0. The summed E-state index contributed by atoms with van der Waals surface area (Å²) < 4.78 is 13.3. The van der Waals surface area contributed by atoms with Gasteiger partial charge in [-0.2, -0.15) is 5.10 Å². The number of hydrogen-bond donors (Lipinski definition) is 3. The lowest BCUT2D eigenvalue weighted by molar-refractivity contribution is -0.132. The van der Waals surface area contributed by atoms with Crippen molar-refractivity contribution < 1.29 is 23.5 Å². The quantitative estimate of drug-likeness (QED) is 0.0693. The summed E-state index contributed by atoms with van der Waals surface area (Å²) in [6, 6.07) is 12.6. The highest BCUT2D eigenvalue weighted by atomic mass is 16.5. The molecule has 0 aliphatic carbocycles. The molecule has 2 aliphatic rings. The third-order valence-electron chi connectivity index (χ3n) is 12.0. The first-order valence-electron chi connectivity index (χ1n) is 22.9. The summed E-state index contributed by atoms with van der Waals surface area (Å²) in [7, 11) is 4.08. The molecule has 0 bridgehead atoms. The van der Waals surface area contributed by atoms with Crippen molar-refractivity contribution in [2.75, 3.05) is 110 Å². The van der Waals surface area contributed by atoms with Crippen molar-refractivity contribution in [2.45, 2.75) is 45.8 Å². The number of ether oxygens (including phenoxy) is 1. The van der Waals surface area contributed by atoms with Crippen LogP contribution in [0.4, 0.5) is 11.8 Å². The number of rotatable bonds is 21.